The molecule has 2 fully saturated rings. The first-order valence-electron chi connectivity index (χ1n) is 11.4. The fourth-order valence-electron chi connectivity index (χ4n) is 4.51. The van der Waals surface area contributed by atoms with Crippen LogP contribution >= 0.6 is 22.9 Å². The molecule has 1 saturated heterocycles. The lowest BCUT2D eigenvalue weighted by Gasteiger charge is -2.29. The molecule has 7 nitrogen and oxygen atoms in total. The molecule has 33 heavy (non-hydrogen) atoms. The summed E-state index contributed by atoms with van der Waals surface area (Å²) in [5.41, 5.74) is 2.73. The number of aromatic nitrogens is 3. The number of hydrogen-bond donors (Lipinski definition) is 0. The van der Waals surface area contributed by atoms with Crippen LogP contribution in [0, 0.1) is 0 Å². The highest BCUT2D eigenvalue weighted by molar-refractivity contribution is 7.15. The number of aliphatic imine (C=N–C) groups is 1. The van der Waals surface area contributed by atoms with Crippen LogP contribution < -0.4 is 0 Å². The number of morpholine rings is 1. The number of carbonyl (C=O) groups excluding carboxylic acids is 1. The Bertz CT molecular complexity index is 1260. The van der Waals surface area contributed by atoms with Crippen molar-refractivity contribution in [2.75, 3.05) is 26.3 Å². The molecule has 0 spiro atoms. The Labute approximate surface area is 201 Å². The van der Waals surface area contributed by atoms with Gasteiger partial charge in [0.2, 0.25) is 5.91 Å². The van der Waals surface area contributed by atoms with E-state index in [1.807, 2.05) is 36.1 Å². The number of nitrogens with zero attached hydrogens (tertiary/aromatic N) is 5. The van der Waals surface area contributed by atoms with Gasteiger partial charge >= 0.3 is 0 Å². The normalized spacial score (nSPS) is 18.8. The molecule has 0 N–H and O–H groups in total. The minimum absolute atomic E-state index is 0.136. The lowest BCUT2D eigenvalue weighted by atomic mass is 10.0. The molecule has 1 aliphatic carbocycles. The van der Waals surface area contributed by atoms with Crippen molar-refractivity contribution in [1.29, 1.82) is 0 Å². The Morgan fingerprint density at radius 3 is 2.73 bits per heavy atom. The van der Waals surface area contributed by atoms with Gasteiger partial charge in [-0.1, -0.05) is 29.8 Å². The van der Waals surface area contributed by atoms with Crippen molar-refractivity contribution in [3.05, 3.63) is 63.0 Å². The van der Waals surface area contributed by atoms with E-state index in [2.05, 4.69) is 20.8 Å². The lowest BCUT2D eigenvalue weighted by molar-refractivity contribution is -0.136. The van der Waals surface area contributed by atoms with Gasteiger partial charge in [0, 0.05) is 40.0 Å². The molecule has 4 heterocycles. The van der Waals surface area contributed by atoms with E-state index < -0.39 is 0 Å². The Morgan fingerprint density at radius 2 is 1.97 bits per heavy atom. The largest absolute Gasteiger partial charge is 0.378 e. The maximum atomic E-state index is 13.3. The maximum absolute atomic E-state index is 13.3. The van der Waals surface area contributed by atoms with Crippen LogP contribution in [0.1, 0.15) is 59.3 Å². The van der Waals surface area contributed by atoms with E-state index in [1.54, 1.807) is 11.3 Å². The minimum atomic E-state index is -0.253. The standard InChI is InChI=1S/C24H24ClN5O2S/c1-14(23(31)29-8-10-32-11-9-29)19-12-17-21(16-4-2-3-5-18(16)25)26-13-20-27-28-22(15-6-7-15)30(20)24(17)33-19/h2-5,12,14-15H,6-11,13H2,1H3. The van der Waals surface area contributed by atoms with Crippen molar-refractivity contribution in [3.63, 3.8) is 0 Å². The maximum Gasteiger partial charge on any atom is 0.230 e. The highest BCUT2D eigenvalue weighted by Crippen LogP contribution is 2.44. The number of benzene rings is 1. The first-order chi connectivity index (χ1) is 16.1. The van der Waals surface area contributed by atoms with Gasteiger partial charge in [0.1, 0.15) is 17.4 Å². The fourth-order valence-corrected chi connectivity index (χ4v) is 5.97. The van der Waals surface area contributed by atoms with E-state index in [4.69, 9.17) is 21.3 Å². The predicted octanol–water partition coefficient (Wildman–Crippen LogP) is 4.17. The Balaban J connectivity index is 1.47. The second kappa shape index (κ2) is 8.34. The molecule has 6 rings (SSSR count). The third kappa shape index (κ3) is 3.70. The topological polar surface area (TPSA) is 72.6 Å². The summed E-state index contributed by atoms with van der Waals surface area (Å²) >= 11 is 8.23. The van der Waals surface area contributed by atoms with Gasteiger partial charge in [0.05, 0.1) is 24.8 Å². The zero-order valence-corrected chi connectivity index (χ0v) is 19.9. The van der Waals surface area contributed by atoms with Gasteiger partial charge in [-0.15, -0.1) is 21.5 Å². The van der Waals surface area contributed by atoms with Crippen LogP contribution in [0.25, 0.3) is 5.00 Å². The molecule has 170 valence electrons. The summed E-state index contributed by atoms with van der Waals surface area (Å²) in [5, 5.41) is 10.7. The average Bonchev–Trinajstić information content (AvgIpc) is 3.50. The van der Waals surface area contributed by atoms with Crippen molar-refractivity contribution in [1.82, 2.24) is 19.7 Å². The summed E-state index contributed by atoms with van der Waals surface area (Å²) < 4.78 is 7.61. The molecular weight excluding hydrogens is 458 g/mol. The highest BCUT2D eigenvalue weighted by Gasteiger charge is 2.35. The molecule has 3 aliphatic rings. The quantitative estimate of drug-likeness (QED) is 0.560. The number of amides is 1. The van der Waals surface area contributed by atoms with Gasteiger partial charge in [-0.2, -0.15) is 0 Å². The second-order valence-corrected chi connectivity index (χ2v) is 10.2. The number of rotatable bonds is 4. The van der Waals surface area contributed by atoms with Gasteiger partial charge < -0.3 is 9.64 Å². The van der Waals surface area contributed by atoms with Gasteiger partial charge in [0.25, 0.3) is 0 Å². The number of halogens is 1. The van der Waals surface area contributed by atoms with Crippen molar-refractivity contribution in [3.8, 4) is 5.00 Å². The molecule has 2 aliphatic heterocycles. The van der Waals surface area contributed by atoms with Crippen LogP contribution in [0.5, 0.6) is 0 Å². The first-order valence-corrected chi connectivity index (χ1v) is 12.6. The number of fused-ring (bicyclic) bond motifs is 3. The van der Waals surface area contributed by atoms with Crippen molar-refractivity contribution in [2.24, 2.45) is 4.99 Å². The molecule has 1 atom stereocenters. The van der Waals surface area contributed by atoms with Crippen LogP contribution in [-0.4, -0.2) is 57.6 Å². The summed E-state index contributed by atoms with van der Waals surface area (Å²) in [4.78, 5) is 21.1. The van der Waals surface area contributed by atoms with Crippen LogP contribution in [0.4, 0.5) is 0 Å². The summed E-state index contributed by atoms with van der Waals surface area (Å²) in [5.74, 6) is 2.16. The van der Waals surface area contributed by atoms with Crippen LogP contribution in [0.2, 0.25) is 5.02 Å². The molecule has 1 unspecified atom stereocenters. The zero-order chi connectivity index (χ0) is 22.5. The Hall–Kier alpha value is -2.55. The van der Waals surface area contributed by atoms with Crippen LogP contribution in [0.3, 0.4) is 0 Å². The van der Waals surface area contributed by atoms with Gasteiger partial charge in [0.15, 0.2) is 5.82 Å². The van der Waals surface area contributed by atoms with Crippen molar-refractivity contribution < 1.29 is 9.53 Å². The van der Waals surface area contributed by atoms with Gasteiger partial charge in [-0.05, 0) is 31.9 Å². The van der Waals surface area contributed by atoms with Crippen molar-refractivity contribution >= 4 is 34.6 Å². The molecule has 1 saturated carbocycles. The Morgan fingerprint density at radius 1 is 1.18 bits per heavy atom. The Kier molecular flexibility index (Phi) is 5.31. The molecular formula is C24H24ClN5O2S. The third-order valence-corrected chi connectivity index (χ3v) is 8.15. The highest BCUT2D eigenvalue weighted by atomic mass is 35.5. The predicted molar refractivity (Wildman–Crippen MR) is 128 cm³/mol. The van der Waals surface area contributed by atoms with Gasteiger partial charge in [-0.25, -0.2) is 0 Å². The molecule has 1 amide bonds. The van der Waals surface area contributed by atoms with Crippen LogP contribution in [-0.2, 0) is 16.1 Å². The smallest absolute Gasteiger partial charge is 0.230 e. The summed E-state index contributed by atoms with van der Waals surface area (Å²) in [6.45, 7) is 4.91. The van der Waals surface area contributed by atoms with E-state index in [0.717, 1.165) is 51.2 Å². The zero-order valence-electron chi connectivity index (χ0n) is 18.3. The van der Waals surface area contributed by atoms with E-state index in [-0.39, 0.29) is 11.8 Å². The first kappa shape index (κ1) is 21.0. The number of thiophene rings is 1. The molecule has 0 radical (unpaired) electrons. The van der Waals surface area contributed by atoms with Crippen LogP contribution in [0.15, 0.2) is 35.3 Å². The monoisotopic (exact) mass is 481 g/mol. The number of carbonyl (C=O) groups is 1. The van der Waals surface area contributed by atoms with E-state index in [1.165, 1.54) is 0 Å². The fraction of sp³-hybridized carbons (Fsp3) is 0.417. The molecule has 0 bridgehead atoms. The number of hydrogen-bond acceptors (Lipinski definition) is 6. The van der Waals surface area contributed by atoms with E-state index in [9.17, 15) is 4.79 Å². The molecule has 1 aromatic carbocycles. The summed E-state index contributed by atoms with van der Waals surface area (Å²) in [6, 6.07) is 9.90. The van der Waals surface area contributed by atoms with Crippen molar-refractivity contribution in [2.45, 2.75) is 38.1 Å². The number of ether oxygens (including phenoxy) is 1. The molecule has 3 aromatic rings. The lowest BCUT2D eigenvalue weighted by Crippen LogP contribution is -2.42. The van der Waals surface area contributed by atoms with Gasteiger partial charge in [-0.3, -0.25) is 14.4 Å². The molecule has 2 aromatic heterocycles. The van der Waals surface area contributed by atoms with E-state index >= 15 is 0 Å². The minimum Gasteiger partial charge on any atom is -0.378 e. The summed E-state index contributed by atoms with van der Waals surface area (Å²) in [7, 11) is 0. The SMILES string of the molecule is CC(C(=O)N1CCOCC1)c1cc2c(s1)-n1c(nnc1C1CC1)CN=C2c1ccccc1Cl. The van der Waals surface area contributed by atoms with E-state index in [0.29, 0.717) is 43.8 Å². The molecule has 9 heteroatoms. The average molecular weight is 482 g/mol. The second-order valence-electron chi connectivity index (χ2n) is 8.76. The summed E-state index contributed by atoms with van der Waals surface area (Å²) in [6.07, 6.45) is 2.27. The third-order valence-electron chi connectivity index (χ3n) is 6.51.